The highest BCUT2D eigenvalue weighted by Crippen LogP contribution is 2.21. The summed E-state index contributed by atoms with van der Waals surface area (Å²) >= 11 is 1.74. The van der Waals surface area contributed by atoms with Crippen LogP contribution in [0.5, 0.6) is 0 Å². The lowest BCUT2D eigenvalue weighted by molar-refractivity contribution is 0.0657. The molecule has 0 saturated heterocycles. The molecule has 1 aromatic heterocycles. The third-order valence-corrected chi connectivity index (χ3v) is 4.96. The summed E-state index contributed by atoms with van der Waals surface area (Å²) in [6.45, 7) is 3.49. The first-order chi connectivity index (χ1) is 12.1. The van der Waals surface area contributed by atoms with E-state index in [1.54, 1.807) is 42.6 Å². The van der Waals surface area contributed by atoms with Gasteiger partial charge in [0.1, 0.15) is 0 Å². The summed E-state index contributed by atoms with van der Waals surface area (Å²) < 4.78 is 0. The van der Waals surface area contributed by atoms with Crippen LogP contribution in [-0.2, 0) is 6.54 Å². The van der Waals surface area contributed by atoms with Gasteiger partial charge in [0.2, 0.25) is 0 Å². The Hall–Kier alpha value is -2.67. The SMILES string of the molecule is CN=C(NCCN1C(=O)c2ccccc2C1=O)NCc1ccc(C)s1. The van der Waals surface area contributed by atoms with E-state index in [2.05, 4.69) is 34.7 Å². The molecular weight excluding hydrogens is 336 g/mol. The number of thiophene rings is 1. The summed E-state index contributed by atoms with van der Waals surface area (Å²) in [4.78, 5) is 32.5. The molecule has 130 valence electrons. The average molecular weight is 356 g/mol. The number of hydrogen-bond donors (Lipinski definition) is 2. The molecule has 2 heterocycles. The summed E-state index contributed by atoms with van der Waals surface area (Å²) in [7, 11) is 1.69. The highest BCUT2D eigenvalue weighted by atomic mass is 32.1. The highest BCUT2D eigenvalue weighted by molar-refractivity contribution is 7.11. The van der Waals surface area contributed by atoms with Crippen molar-refractivity contribution in [2.24, 2.45) is 4.99 Å². The maximum Gasteiger partial charge on any atom is 0.261 e. The molecule has 2 aromatic rings. The summed E-state index contributed by atoms with van der Waals surface area (Å²) in [5, 5.41) is 6.36. The first-order valence-electron chi connectivity index (χ1n) is 8.05. The number of guanidine groups is 1. The Labute approximate surface area is 150 Å². The number of carbonyl (C=O) groups is 2. The number of amides is 2. The van der Waals surface area contributed by atoms with Gasteiger partial charge in [-0.15, -0.1) is 11.3 Å². The van der Waals surface area contributed by atoms with Crippen LogP contribution in [0, 0.1) is 6.92 Å². The van der Waals surface area contributed by atoms with Crippen molar-refractivity contribution in [1.82, 2.24) is 15.5 Å². The van der Waals surface area contributed by atoms with Crippen LogP contribution in [0.25, 0.3) is 0 Å². The number of nitrogens with zero attached hydrogens (tertiary/aromatic N) is 2. The number of imide groups is 1. The molecule has 0 unspecified atom stereocenters. The number of nitrogens with one attached hydrogen (secondary N) is 2. The molecule has 0 radical (unpaired) electrons. The number of benzene rings is 1. The van der Waals surface area contributed by atoms with Gasteiger partial charge in [0, 0.05) is 29.9 Å². The van der Waals surface area contributed by atoms with Gasteiger partial charge in [-0.25, -0.2) is 0 Å². The number of fused-ring (bicyclic) bond motifs is 1. The Morgan fingerprint density at radius 1 is 1.08 bits per heavy atom. The molecule has 25 heavy (non-hydrogen) atoms. The number of rotatable bonds is 5. The predicted octanol–water partition coefficient (Wildman–Crippen LogP) is 2.02. The Bertz CT molecular complexity index is 793. The van der Waals surface area contributed by atoms with Gasteiger partial charge in [0.15, 0.2) is 5.96 Å². The normalized spacial score (nSPS) is 14.0. The van der Waals surface area contributed by atoms with E-state index in [1.807, 2.05) is 0 Å². The Morgan fingerprint density at radius 3 is 2.32 bits per heavy atom. The van der Waals surface area contributed by atoms with Gasteiger partial charge in [-0.1, -0.05) is 12.1 Å². The van der Waals surface area contributed by atoms with Gasteiger partial charge in [-0.2, -0.15) is 0 Å². The standard InChI is InChI=1S/C18H20N4O2S/c1-12-7-8-13(25-12)11-21-18(19-2)20-9-10-22-16(23)14-5-3-4-6-15(14)17(22)24/h3-8H,9-11H2,1-2H3,(H2,19,20,21). The largest absolute Gasteiger partial charge is 0.355 e. The molecule has 6 nitrogen and oxygen atoms in total. The minimum Gasteiger partial charge on any atom is -0.355 e. The smallest absolute Gasteiger partial charge is 0.261 e. The van der Waals surface area contributed by atoms with Crippen molar-refractivity contribution in [2.75, 3.05) is 20.1 Å². The van der Waals surface area contributed by atoms with E-state index in [-0.39, 0.29) is 11.8 Å². The Morgan fingerprint density at radius 2 is 1.76 bits per heavy atom. The molecule has 0 bridgehead atoms. The lowest BCUT2D eigenvalue weighted by Crippen LogP contribution is -2.42. The topological polar surface area (TPSA) is 73.8 Å². The number of aryl methyl sites for hydroxylation is 1. The van der Waals surface area contributed by atoms with Gasteiger partial charge in [0.25, 0.3) is 11.8 Å². The van der Waals surface area contributed by atoms with E-state index in [9.17, 15) is 9.59 Å². The molecule has 1 aliphatic rings. The zero-order valence-electron chi connectivity index (χ0n) is 14.2. The van der Waals surface area contributed by atoms with Gasteiger partial charge < -0.3 is 10.6 Å². The van der Waals surface area contributed by atoms with E-state index in [0.717, 1.165) is 0 Å². The highest BCUT2D eigenvalue weighted by Gasteiger charge is 2.34. The lowest BCUT2D eigenvalue weighted by Gasteiger charge is -2.16. The zero-order chi connectivity index (χ0) is 17.8. The molecule has 0 spiro atoms. The minimum atomic E-state index is -0.237. The van der Waals surface area contributed by atoms with Crippen molar-refractivity contribution in [2.45, 2.75) is 13.5 Å². The van der Waals surface area contributed by atoms with Crippen LogP contribution in [0.2, 0.25) is 0 Å². The fourth-order valence-corrected chi connectivity index (χ4v) is 3.53. The van der Waals surface area contributed by atoms with E-state index in [0.29, 0.717) is 36.7 Å². The van der Waals surface area contributed by atoms with Gasteiger partial charge in [-0.3, -0.25) is 19.5 Å². The van der Waals surface area contributed by atoms with Gasteiger partial charge in [-0.05, 0) is 31.2 Å². The fraction of sp³-hybridized carbons (Fsp3) is 0.278. The van der Waals surface area contributed by atoms with Crippen LogP contribution in [0.3, 0.4) is 0 Å². The Kier molecular flexibility index (Phi) is 5.14. The number of aliphatic imine (C=N–C) groups is 1. The average Bonchev–Trinajstić information content (AvgIpc) is 3.14. The molecule has 2 N–H and O–H groups in total. The van der Waals surface area contributed by atoms with Crippen LogP contribution < -0.4 is 10.6 Å². The zero-order valence-corrected chi connectivity index (χ0v) is 15.0. The maximum absolute atomic E-state index is 12.3. The summed E-state index contributed by atoms with van der Waals surface area (Å²) in [6, 6.07) is 11.1. The first-order valence-corrected chi connectivity index (χ1v) is 8.87. The second-order valence-electron chi connectivity index (χ2n) is 5.67. The van der Waals surface area contributed by atoms with Crippen LogP contribution in [-0.4, -0.2) is 42.8 Å². The third-order valence-electron chi connectivity index (χ3n) is 3.96. The van der Waals surface area contributed by atoms with Crippen LogP contribution >= 0.6 is 11.3 Å². The molecule has 1 aliphatic heterocycles. The fourth-order valence-electron chi connectivity index (χ4n) is 2.70. The van der Waals surface area contributed by atoms with Crippen LogP contribution in [0.15, 0.2) is 41.4 Å². The molecule has 3 rings (SSSR count). The molecule has 1 aromatic carbocycles. The molecular formula is C18H20N4O2S. The monoisotopic (exact) mass is 356 g/mol. The van der Waals surface area contributed by atoms with Crippen molar-refractivity contribution in [3.63, 3.8) is 0 Å². The molecule has 2 amide bonds. The van der Waals surface area contributed by atoms with Crippen molar-refractivity contribution in [1.29, 1.82) is 0 Å². The second kappa shape index (κ2) is 7.48. The minimum absolute atomic E-state index is 0.237. The van der Waals surface area contributed by atoms with Gasteiger partial charge in [0.05, 0.1) is 17.7 Å². The van der Waals surface area contributed by atoms with Crippen molar-refractivity contribution < 1.29 is 9.59 Å². The lowest BCUT2D eigenvalue weighted by atomic mass is 10.1. The first kappa shape index (κ1) is 17.2. The van der Waals surface area contributed by atoms with Crippen LogP contribution in [0.1, 0.15) is 30.5 Å². The molecule has 7 heteroatoms. The predicted molar refractivity (Wildman–Crippen MR) is 99.1 cm³/mol. The molecule has 0 saturated carbocycles. The van der Waals surface area contributed by atoms with Crippen molar-refractivity contribution in [3.05, 3.63) is 57.3 Å². The molecule has 0 fully saturated rings. The van der Waals surface area contributed by atoms with E-state index < -0.39 is 0 Å². The molecule has 0 atom stereocenters. The summed E-state index contributed by atoms with van der Waals surface area (Å²) in [6.07, 6.45) is 0. The second-order valence-corrected chi connectivity index (χ2v) is 7.04. The summed E-state index contributed by atoms with van der Waals surface area (Å²) in [5.41, 5.74) is 0.950. The van der Waals surface area contributed by atoms with Crippen molar-refractivity contribution >= 4 is 29.1 Å². The van der Waals surface area contributed by atoms with E-state index in [4.69, 9.17) is 0 Å². The third kappa shape index (κ3) is 3.71. The van der Waals surface area contributed by atoms with Gasteiger partial charge >= 0.3 is 0 Å². The quantitative estimate of drug-likeness (QED) is 0.488. The van der Waals surface area contributed by atoms with E-state index in [1.165, 1.54) is 14.7 Å². The van der Waals surface area contributed by atoms with E-state index >= 15 is 0 Å². The number of carbonyl (C=O) groups excluding carboxylic acids is 2. The van der Waals surface area contributed by atoms with Crippen LogP contribution in [0.4, 0.5) is 0 Å². The molecule has 0 aliphatic carbocycles. The summed E-state index contributed by atoms with van der Waals surface area (Å²) in [5.74, 6) is 0.168. The maximum atomic E-state index is 12.3. The van der Waals surface area contributed by atoms with Crippen molar-refractivity contribution in [3.8, 4) is 0 Å². The number of hydrogen-bond acceptors (Lipinski definition) is 4. The Balaban J connectivity index is 1.50.